The van der Waals surface area contributed by atoms with Gasteiger partial charge in [-0.05, 0) is 31.9 Å². The van der Waals surface area contributed by atoms with Crippen molar-refractivity contribution in [3.05, 3.63) is 36.0 Å². The first-order chi connectivity index (χ1) is 12.9. The van der Waals surface area contributed by atoms with E-state index in [9.17, 15) is 13.2 Å². The van der Waals surface area contributed by atoms with Gasteiger partial charge in [-0.1, -0.05) is 31.4 Å². The largest absolute Gasteiger partial charge is 0.462 e. The second-order valence-electron chi connectivity index (χ2n) is 6.34. The van der Waals surface area contributed by atoms with E-state index in [1.165, 1.54) is 16.6 Å². The molecule has 146 valence electrons. The van der Waals surface area contributed by atoms with Crippen LogP contribution in [0.3, 0.4) is 0 Å². The zero-order valence-corrected chi connectivity index (χ0v) is 16.5. The number of carbonyl (C=O) groups is 1. The summed E-state index contributed by atoms with van der Waals surface area (Å²) in [5.41, 5.74) is 0.0712. The van der Waals surface area contributed by atoms with Crippen LogP contribution in [0.2, 0.25) is 0 Å². The van der Waals surface area contributed by atoms with Gasteiger partial charge in [0.2, 0.25) is 10.0 Å². The normalized spacial score (nSPS) is 16.0. The molecule has 27 heavy (non-hydrogen) atoms. The Morgan fingerprint density at radius 1 is 1.33 bits per heavy atom. The molecule has 0 aliphatic heterocycles. The molecule has 1 N–H and O–H groups in total. The Morgan fingerprint density at radius 2 is 2.00 bits per heavy atom. The highest BCUT2D eigenvalue weighted by atomic mass is 32.2. The van der Waals surface area contributed by atoms with E-state index < -0.39 is 16.0 Å². The maximum Gasteiger partial charge on any atom is 0.350 e. The minimum atomic E-state index is -3.71. The minimum absolute atomic E-state index is 0.0125. The van der Waals surface area contributed by atoms with E-state index in [0.29, 0.717) is 5.69 Å². The van der Waals surface area contributed by atoms with E-state index >= 15 is 0 Å². The van der Waals surface area contributed by atoms with Crippen molar-refractivity contribution in [1.82, 2.24) is 4.31 Å². The summed E-state index contributed by atoms with van der Waals surface area (Å²) >= 11 is 0. The highest BCUT2D eigenvalue weighted by Crippen LogP contribution is 2.29. The number of esters is 1. The fraction of sp³-hybridized carbons (Fsp3) is 0.474. The summed E-state index contributed by atoms with van der Waals surface area (Å²) in [6.07, 6.45) is 6.07. The molecule has 1 aliphatic carbocycles. The monoisotopic (exact) mass is 391 g/mol. The summed E-state index contributed by atoms with van der Waals surface area (Å²) in [4.78, 5) is 11.8. The van der Waals surface area contributed by atoms with Crippen LogP contribution in [-0.4, -0.2) is 38.4 Å². The number of hydrogen-bond donors (Lipinski definition) is 1. The predicted octanol–water partition coefficient (Wildman–Crippen LogP) is 3.02. The van der Waals surface area contributed by atoms with Crippen LogP contribution in [0.4, 0.5) is 5.69 Å². The number of sulfonamides is 1. The Kier molecular flexibility index (Phi) is 7.39. The van der Waals surface area contributed by atoms with Crippen LogP contribution in [0.5, 0.6) is 0 Å². The Morgan fingerprint density at radius 3 is 2.63 bits per heavy atom. The van der Waals surface area contributed by atoms with E-state index in [0.717, 1.165) is 32.1 Å². The van der Waals surface area contributed by atoms with Gasteiger partial charge < -0.3 is 10.1 Å². The lowest BCUT2D eigenvalue weighted by atomic mass is 9.96. The van der Waals surface area contributed by atoms with Crippen LogP contribution in [0.15, 0.2) is 40.9 Å². The Hall–Kier alpha value is -2.37. The topological polar surface area (TPSA) is 99.5 Å². The summed E-state index contributed by atoms with van der Waals surface area (Å²) in [5, 5.41) is 11.9. The van der Waals surface area contributed by atoms with Crippen molar-refractivity contribution >= 4 is 21.7 Å². The number of nitriles is 1. The number of para-hydroxylation sites is 1. The second-order valence-corrected chi connectivity index (χ2v) is 8.31. The lowest BCUT2D eigenvalue weighted by molar-refractivity contribution is -0.138. The number of anilines is 1. The highest BCUT2D eigenvalue weighted by molar-refractivity contribution is 7.89. The van der Waals surface area contributed by atoms with Crippen molar-refractivity contribution in [2.24, 2.45) is 0 Å². The first-order valence-electron chi connectivity index (χ1n) is 9.02. The third-order valence-electron chi connectivity index (χ3n) is 4.62. The van der Waals surface area contributed by atoms with Crippen LogP contribution in [0.25, 0.3) is 0 Å². The number of benzene rings is 1. The van der Waals surface area contributed by atoms with Crippen molar-refractivity contribution in [2.45, 2.75) is 50.0 Å². The molecule has 2 rings (SSSR count). The maximum atomic E-state index is 13.1. The smallest absolute Gasteiger partial charge is 0.350 e. The summed E-state index contributed by atoms with van der Waals surface area (Å²) in [6, 6.07) is 8.18. The Bertz CT molecular complexity index is 837. The number of rotatable bonds is 7. The minimum Gasteiger partial charge on any atom is -0.462 e. The molecule has 1 aromatic carbocycles. The van der Waals surface area contributed by atoms with Gasteiger partial charge in [0.15, 0.2) is 5.57 Å². The van der Waals surface area contributed by atoms with Gasteiger partial charge in [-0.3, -0.25) is 0 Å². The summed E-state index contributed by atoms with van der Waals surface area (Å²) in [6.45, 7) is 1.79. The second kappa shape index (κ2) is 9.53. The molecular formula is C19H25N3O4S. The van der Waals surface area contributed by atoms with E-state index in [2.05, 4.69) is 5.32 Å². The highest BCUT2D eigenvalue weighted by Gasteiger charge is 2.30. The predicted molar refractivity (Wildman–Crippen MR) is 102 cm³/mol. The van der Waals surface area contributed by atoms with E-state index in [1.807, 2.05) is 0 Å². The third kappa shape index (κ3) is 5.08. The molecule has 0 aromatic heterocycles. The van der Waals surface area contributed by atoms with Gasteiger partial charge >= 0.3 is 5.97 Å². The van der Waals surface area contributed by atoms with Crippen LogP contribution in [0, 0.1) is 11.3 Å². The summed E-state index contributed by atoms with van der Waals surface area (Å²) < 4.78 is 32.5. The fourth-order valence-corrected chi connectivity index (χ4v) is 4.67. The van der Waals surface area contributed by atoms with Gasteiger partial charge in [0.1, 0.15) is 11.0 Å². The van der Waals surface area contributed by atoms with Crippen LogP contribution < -0.4 is 5.32 Å². The first-order valence-corrected chi connectivity index (χ1v) is 10.5. The molecule has 0 amide bonds. The van der Waals surface area contributed by atoms with Gasteiger partial charge in [-0.2, -0.15) is 9.57 Å². The average Bonchev–Trinajstić information content (AvgIpc) is 2.69. The SMILES string of the molecule is CCOC(=O)/C(C#N)=C/Nc1ccccc1S(=O)(=O)N(C)C1CCCCC1. The molecular weight excluding hydrogens is 366 g/mol. The summed E-state index contributed by atoms with van der Waals surface area (Å²) in [5.74, 6) is -0.757. The van der Waals surface area contributed by atoms with Crippen LogP contribution in [-0.2, 0) is 19.6 Å². The van der Waals surface area contributed by atoms with Gasteiger partial charge in [0.05, 0.1) is 12.3 Å². The molecule has 1 aromatic rings. The lowest BCUT2D eigenvalue weighted by Gasteiger charge is -2.30. The van der Waals surface area contributed by atoms with Crippen molar-refractivity contribution < 1.29 is 17.9 Å². The van der Waals surface area contributed by atoms with Gasteiger partial charge in [0.25, 0.3) is 0 Å². The zero-order valence-electron chi connectivity index (χ0n) is 15.6. The third-order valence-corrected chi connectivity index (χ3v) is 6.59. The van der Waals surface area contributed by atoms with E-state index in [4.69, 9.17) is 10.00 Å². The lowest BCUT2D eigenvalue weighted by Crippen LogP contribution is -2.38. The Labute approximate surface area is 160 Å². The maximum absolute atomic E-state index is 13.1. The molecule has 7 nitrogen and oxygen atoms in total. The standard InChI is InChI=1S/C19H25N3O4S/c1-3-26-19(23)15(13-20)14-21-17-11-7-8-12-18(17)27(24,25)22(2)16-9-5-4-6-10-16/h7-8,11-12,14,16,21H,3-6,9-10H2,1-2H3/b15-14+. The molecule has 0 atom stereocenters. The first kappa shape index (κ1) is 20.9. The van der Waals surface area contributed by atoms with Crippen LogP contribution in [0.1, 0.15) is 39.0 Å². The number of carbonyl (C=O) groups excluding carboxylic acids is 1. The zero-order chi connectivity index (χ0) is 19.9. The van der Waals surface area contributed by atoms with E-state index in [1.54, 1.807) is 38.2 Å². The molecule has 1 aliphatic rings. The van der Waals surface area contributed by atoms with Crippen molar-refractivity contribution in [1.29, 1.82) is 5.26 Å². The number of nitrogens with one attached hydrogen (secondary N) is 1. The Balaban J connectivity index is 2.29. The number of nitrogens with zero attached hydrogens (tertiary/aromatic N) is 2. The molecule has 8 heteroatoms. The molecule has 0 saturated heterocycles. The van der Waals surface area contributed by atoms with Crippen molar-refractivity contribution in [3.8, 4) is 6.07 Å². The molecule has 0 heterocycles. The van der Waals surface area contributed by atoms with Crippen molar-refractivity contribution in [2.75, 3.05) is 19.0 Å². The number of ether oxygens (including phenoxy) is 1. The van der Waals surface area contributed by atoms with Gasteiger partial charge in [-0.15, -0.1) is 0 Å². The quantitative estimate of drug-likeness (QED) is 0.436. The average molecular weight is 391 g/mol. The molecule has 1 saturated carbocycles. The van der Waals surface area contributed by atoms with Gasteiger partial charge in [0, 0.05) is 19.3 Å². The number of hydrogen-bond acceptors (Lipinski definition) is 6. The van der Waals surface area contributed by atoms with Crippen molar-refractivity contribution in [3.63, 3.8) is 0 Å². The molecule has 0 unspecified atom stereocenters. The van der Waals surface area contributed by atoms with Gasteiger partial charge in [-0.25, -0.2) is 13.2 Å². The fourth-order valence-electron chi connectivity index (χ4n) is 3.10. The summed E-state index contributed by atoms with van der Waals surface area (Å²) in [7, 11) is -2.10. The molecule has 1 fully saturated rings. The van der Waals surface area contributed by atoms with E-state index in [-0.39, 0.29) is 23.1 Å². The van der Waals surface area contributed by atoms with Crippen LogP contribution >= 0.6 is 0 Å². The molecule has 0 radical (unpaired) electrons. The molecule has 0 spiro atoms. The molecule has 0 bridgehead atoms.